The molecular weight excluding hydrogens is 382 g/mol. The number of hydrogen-bond acceptors (Lipinski definition) is 3. The molecule has 3 aromatic carbocycles. The summed E-state index contributed by atoms with van der Waals surface area (Å²) in [6.45, 7) is 0. The van der Waals surface area contributed by atoms with Gasteiger partial charge in [0, 0.05) is 34.8 Å². The van der Waals surface area contributed by atoms with Gasteiger partial charge in [-0.3, -0.25) is 14.6 Å². The molecule has 3 heteroatoms. The zero-order valence-electron chi connectivity index (χ0n) is 17.0. The molecule has 2 aliphatic carbocycles. The van der Waals surface area contributed by atoms with Crippen LogP contribution in [0.25, 0.3) is 5.70 Å². The molecule has 6 rings (SSSR count). The van der Waals surface area contributed by atoms with Crippen molar-refractivity contribution in [3.05, 3.63) is 113 Å². The first-order valence-electron chi connectivity index (χ1n) is 10.8. The fourth-order valence-corrected chi connectivity index (χ4v) is 5.49. The Bertz CT molecular complexity index is 1270. The van der Waals surface area contributed by atoms with E-state index < -0.39 is 0 Å². The summed E-state index contributed by atoms with van der Waals surface area (Å²) >= 11 is 0. The van der Waals surface area contributed by atoms with Crippen LogP contribution in [0.5, 0.6) is 0 Å². The van der Waals surface area contributed by atoms with Crippen molar-refractivity contribution >= 4 is 23.0 Å². The van der Waals surface area contributed by atoms with Gasteiger partial charge >= 0.3 is 0 Å². The lowest BCUT2D eigenvalue weighted by molar-refractivity contribution is -0.122. The minimum atomic E-state index is -0.362. The molecule has 1 fully saturated rings. The molecule has 0 N–H and O–H groups in total. The van der Waals surface area contributed by atoms with Crippen LogP contribution < -0.4 is 0 Å². The molecular formula is C28H21NO2. The highest BCUT2D eigenvalue weighted by Gasteiger charge is 2.48. The van der Waals surface area contributed by atoms with E-state index in [1.807, 2.05) is 72.8 Å². The van der Waals surface area contributed by atoms with Gasteiger partial charge in [-0.25, -0.2) is 0 Å². The van der Waals surface area contributed by atoms with Crippen LogP contribution in [0.15, 0.2) is 95.5 Å². The highest BCUT2D eigenvalue weighted by Crippen LogP contribution is 2.51. The maximum absolute atomic E-state index is 13.5. The molecule has 3 nitrogen and oxygen atoms in total. The van der Waals surface area contributed by atoms with Gasteiger partial charge < -0.3 is 0 Å². The second kappa shape index (κ2) is 6.98. The third-order valence-electron chi connectivity index (χ3n) is 6.86. The molecule has 0 bridgehead atoms. The third kappa shape index (κ3) is 2.77. The van der Waals surface area contributed by atoms with Gasteiger partial charge in [0.15, 0.2) is 5.78 Å². The van der Waals surface area contributed by atoms with Gasteiger partial charge in [-0.1, -0.05) is 84.9 Å². The number of carbonyl (C=O) groups is 2. The summed E-state index contributed by atoms with van der Waals surface area (Å²) in [6, 6.07) is 27.9. The predicted molar refractivity (Wildman–Crippen MR) is 121 cm³/mol. The van der Waals surface area contributed by atoms with E-state index in [1.54, 1.807) is 0 Å². The minimum absolute atomic E-state index is 0.0141. The molecule has 0 radical (unpaired) electrons. The summed E-state index contributed by atoms with van der Waals surface area (Å²) in [5.74, 6) is -0.301. The zero-order valence-corrected chi connectivity index (χ0v) is 17.0. The number of benzene rings is 3. The van der Waals surface area contributed by atoms with Gasteiger partial charge in [0.2, 0.25) is 0 Å². The molecule has 150 valence electrons. The van der Waals surface area contributed by atoms with Crippen molar-refractivity contribution in [3.63, 3.8) is 0 Å². The number of Topliss-reactive ketones (excluding diaryl/α,β-unsaturated/α-hetero) is 2. The van der Waals surface area contributed by atoms with Crippen LogP contribution in [0.2, 0.25) is 0 Å². The second-order valence-electron chi connectivity index (χ2n) is 8.59. The molecule has 0 spiro atoms. The molecule has 1 aliphatic heterocycles. The van der Waals surface area contributed by atoms with Gasteiger partial charge in [-0.05, 0) is 23.5 Å². The molecule has 3 aromatic rings. The van der Waals surface area contributed by atoms with Gasteiger partial charge in [-0.15, -0.1) is 0 Å². The van der Waals surface area contributed by atoms with E-state index in [0.717, 1.165) is 29.0 Å². The standard InChI is InChI=1S/C28H21NO2/c30-23-16-19(17-9-3-1-4-10-17)15-22-25(23)24(18-11-5-2-6-12-18)26-27(29-22)20-13-7-8-14-21(20)28(26)31/h1-14,19,24-25H,15-16H2/t19-,24+,25?/m0/s1. The van der Waals surface area contributed by atoms with Gasteiger partial charge in [-0.2, -0.15) is 0 Å². The minimum Gasteiger partial charge on any atom is -0.299 e. The molecule has 1 heterocycles. The van der Waals surface area contributed by atoms with E-state index in [-0.39, 0.29) is 29.3 Å². The Kier molecular flexibility index (Phi) is 4.10. The van der Waals surface area contributed by atoms with Crippen molar-refractivity contribution in [1.29, 1.82) is 0 Å². The zero-order chi connectivity index (χ0) is 20.9. The summed E-state index contributed by atoms with van der Waals surface area (Å²) < 4.78 is 0. The van der Waals surface area contributed by atoms with Gasteiger partial charge in [0.25, 0.3) is 0 Å². The lowest BCUT2D eigenvalue weighted by atomic mass is 9.66. The Morgan fingerprint density at radius 2 is 1.26 bits per heavy atom. The van der Waals surface area contributed by atoms with Crippen LogP contribution >= 0.6 is 0 Å². The first-order valence-corrected chi connectivity index (χ1v) is 10.8. The summed E-state index contributed by atoms with van der Waals surface area (Å²) in [7, 11) is 0. The largest absolute Gasteiger partial charge is 0.299 e. The van der Waals surface area contributed by atoms with Crippen LogP contribution in [0.3, 0.4) is 0 Å². The molecule has 1 saturated carbocycles. The number of nitrogens with zero attached hydrogens (tertiary/aromatic N) is 1. The van der Waals surface area contributed by atoms with Crippen molar-refractivity contribution < 1.29 is 9.59 Å². The van der Waals surface area contributed by atoms with Crippen LogP contribution in [0.1, 0.15) is 51.7 Å². The Balaban J connectivity index is 1.53. The van der Waals surface area contributed by atoms with E-state index in [1.165, 1.54) is 5.56 Å². The number of hydrogen-bond donors (Lipinski definition) is 0. The molecule has 3 atom stereocenters. The van der Waals surface area contributed by atoms with E-state index in [2.05, 4.69) is 12.1 Å². The first-order chi connectivity index (χ1) is 15.2. The van der Waals surface area contributed by atoms with Gasteiger partial charge in [0.1, 0.15) is 5.78 Å². The van der Waals surface area contributed by atoms with E-state index in [9.17, 15) is 9.59 Å². The summed E-state index contributed by atoms with van der Waals surface area (Å²) in [5, 5.41) is 0. The number of fused-ring (bicyclic) bond motifs is 3. The van der Waals surface area contributed by atoms with E-state index in [0.29, 0.717) is 17.6 Å². The highest BCUT2D eigenvalue weighted by atomic mass is 16.1. The Morgan fingerprint density at radius 1 is 0.645 bits per heavy atom. The van der Waals surface area contributed by atoms with Crippen molar-refractivity contribution in [2.24, 2.45) is 10.9 Å². The van der Waals surface area contributed by atoms with Crippen LogP contribution in [0.4, 0.5) is 0 Å². The van der Waals surface area contributed by atoms with Crippen molar-refractivity contribution in [3.8, 4) is 0 Å². The van der Waals surface area contributed by atoms with E-state index in [4.69, 9.17) is 4.99 Å². The van der Waals surface area contributed by atoms with Crippen LogP contribution in [0, 0.1) is 5.92 Å². The SMILES string of the molecule is O=C1C2=C(N=C3C[C@H](c4ccccc4)CC(=O)C3[C@H]2c2ccccc2)c2ccccc21. The molecule has 1 unspecified atom stereocenters. The van der Waals surface area contributed by atoms with Crippen LogP contribution in [-0.2, 0) is 4.79 Å². The maximum atomic E-state index is 13.5. The smallest absolute Gasteiger partial charge is 0.192 e. The average molecular weight is 403 g/mol. The number of allylic oxidation sites excluding steroid dienone is 1. The normalized spacial score (nSPS) is 24.4. The maximum Gasteiger partial charge on any atom is 0.192 e. The predicted octanol–water partition coefficient (Wildman–Crippen LogP) is 5.60. The molecule has 0 amide bonds. The molecule has 3 aliphatic rings. The summed E-state index contributed by atoms with van der Waals surface area (Å²) in [4.78, 5) is 32.0. The number of carbonyl (C=O) groups excluding carboxylic acids is 2. The number of aliphatic imine (C=N–C) groups is 1. The fraction of sp³-hybridized carbons (Fsp3) is 0.179. The highest BCUT2D eigenvalue weighted by molar-refractivity contribution is 6.25. The van der Waals surface area contributed by atoms with Crippen molar-refractivity contribution in [1.82, 2.24) is 0 Å². The summed E-state index contributed by atoms with van der Waals surface area (Å²) in [6.07, 6.45) is 1.23. The average Bonchev–Trinajstić information content (AvgIpc) is 3.11. The monoisotopic (exact) mass is 403 g/mol. The first kappa shape index (κ1) is 18.2. The quantitative estimate of drug-likeness (QED) is 0.559. The second-order valence-corrected chi connectivity index (χ2v) is 8.59. The number of rotatable bonds is 2. The molecule has 31 heavy (non-hydrogen) atoms. The molecule has 0 aromatic heterocycles. The lowest BCUT2D eigenvalue weighted by Crippen LogP contribution is -2.40. The lowest BCUT2D eigenvalue weighted by Gasteiger charge is -2.37. The summed E-state index contributed by atoms with van der Waals surface area (Å²) in [5.41, 5.74) is 6.15. The fourth-order valence-electron chi connectivity index (χ4n) is 5.49. The van der Waals surface area contributed by atoms with E-state index >= 15 is 0 Å². The molecule has 0 saturated heterocycles. The van der Waals surface area contributed by atoms with Crippen molar-refractivity contribution in [2.75, 3.05) is 0 Å². The Morgan fingerprint density at radius 3 is 1.97 bits per heavy atom. The topological polar surface area (TPSA) is 46.5 Å². The van der Waals surface area contributed by atoms with Crippen LogP contribution in [-0.4, -0.2) is 17.3 Å². The third-order valence-corrected chi connectivity index (χ3v) is 6.86. The Hall–Kier alpha value is -3.59. The van der Waals surface area contributed by atoms with Crippen molar-refractivity contribution in [2.45, 2.75) is 24.7 Å². The Labute approximate surface area is 181 Å². The van der Waals surface area contributed by atoms with Gasteiger partial charge in [0.05, 0.1) is 11.6 Å². The number of ketones is 2.